The Morgan fingerprint density at radius 1 is 1.22 bits per heavy atom. The van der Waals surface area contributed by atoms with Crippen molar-refractivity contribution in [2.45, 2.75) is 32.9 Å². The number of rotatable bonds is 8. The van der Waals surface area contributed by atoms with Gasteiger partial charge in [0.15, 0.2) is 0 Å². The van der Waals surface area contributed by atoms with E-state index >= 15 is 0 Å². The van der Waals surface area contributed by atoms with Crippen LogP contribution >= 0.6 is 0 Å². The summed E-state index contributed by atoms with van der Waals surface area (Å²) in [4.78, 5) is 12.4. The zero-order valence-electron chi connectivity index (χ0n) is 16.0. The zero-order valence-corrected chi connectivity index (χ0v) is 16.0. The maximum atomic E-state index is 12.4. The number of nitrogens with one attached hydrogen (secondary N) is 2. The van der Waals surface area contributed by atoms with Gasteiger partial charge >= 0.3 is 0 Å². The van der Waals surface area contributed by atoms with Crippen molar-refractivity contribution in [2.24, 2.45) is 0 Å². The molecular formula is C22H25N3O2. The van der Waals surface area contributed by atoms with Crippen molar-refractivity contribution in [3.8, 4) is 11.8 Å². The van der Waals surface area contributed by atoms with Crippen LogP contribution in [0.2, 0.25) is 0 Å². The topological polar surface area (TPSA) is 74.2 Å². The summed E-state index contributed by atoms with van der Waals surface area (Å²) in [6.45, 7) is 4.45. The van der Waals surface area contributed by atoms with Crippen molar-refractivity contribution in [3.05, 3.63) is 77.0 Å². The minimum Gasteiger partial charge on any atom is -0.496 e. The van der Waals surface area contributed by atoms with Gasteiger partial charge in [0.2, 0.25) is 0 Å². The third-order valence-electron chi connectivity index (χ3n) is 4.33. The zero-order chi connectivity index (χ0) is 19.6. The molecule has 1 unspecified atom stereocenters. The van der Waals surface area contributed by atoms with Gasteiger partial charge in [0, 0.05) is 18.3 Å². The molecule has 0 saturated carbocycles. The minimum absolute atomic E-state index is 0.0296. The fraction of sp³-hybridized carbons (Fsp3) is 0.273. The van der Waals surface area contributed by atoms with Crippen LogP contribution in [0.1, 0.15) is 36.6 Å². The van der Waals surface area contributed by atoms with E-state index in [-0.39, 0.29) is 11.6 Å². The Morgan fingerprint density at radius 3 is 2.56 bits per heavy atom. The Labute approximate surface area is 160 Å². The smallest absolute Gasteiger partial charge is 0.263 e. The summed E-state index contributed by atoms with van der Waals surface area (Å²) in [6, 6.07) is 17.4. The summed E-state index contributed by atoms with van der Waals surface area (Å²) in [5.74, 6) is 0.350. The number of carbonyl (C=O) groups is 1. The Kier molecular flexibility index (Phi) is 7.45. The molecule has 0 heterocycles. The first-order valence-corrected chi connectivity index (χ1v) is 8.94. The van der Waals surface area contributed by atoms with Crippen molar-refractivity contribution in [2.75, 3.05) is 7.11 Å². The van der Waals surface area contributed by atoms with Crippen LogP contribution < -0.4 is 15.4 Å². The monoisotopic (exact) mass is 363 g/mol. The average Bonchev–Trinajstić information content (AvgIpc) is 2.71. The normalized spacial score (nSPS) is 12.0. The molecule has 2 N–H and O–H groups in total. The van der Waals surface area contributed by atoms with Gasteiger partial charge < -0.3 is 15.4 Å². The molecule has 140 valence electrons. The van der Waals surface area contributed by atoms with Gasteiger partial charge in [-0.3, -0.25) is 4.79 Å². The van der Waals surface area contributed by atoms with Gasteiger partial charge in [-0.05, 0) is 30.5 Å². The van der Waals surface area contributed by atoms with E-state index in [0.717, 1.165) is 23.3 Å². The summed E-state index contributed by atoms with van der Waals surface area (Å²) < 4.78 is 5.29. The van der Waals surface area contributed by atoms with Crippen molar-refractivity contribution in [3.63, 3.8) is 0 Å². The highest BCUT2D eigenvalue weighted by atomic mass is 16.5. The molecule has 0 bridgehead atoms. The van der Waals surface area contributed by atoms with Gasteiger partial charge in [-0.2, -0.15) is 5.26 Å². The summed E-state index contributed by atoms with van der Waals surface area (Å²) in [5.41, 5.74) is 3.22. The number of benzene rings is 2. The first-order valence-electron chi connectivity index (χ1n) is 8.94. The number of hydrogen-bond donors (Lipinski definition) is 2. The molecular weight excluding hydrogens is 338 g/mol. The standard InChI is InChI=1S/C22H25N3O2/c1-4-17-9-11-18(12-10-17)16(2)25-22(26)20(13-23)15-24-14-19-7-5-6-8-21(19)27-3/h5-12,15-16,24H,4,14H2,1-3H3,(H,25,26)/b20-15-. The van der Waals surface area contributed by atoms with Gasteiger partial charge in [0.25, 0.3) is 5.91 Å². The van der Waals surface area contributed by atoms with Crippen molar-refractivity contribution in [1.82, 2.24) is 10.6 Å². The van der Waals surface area contributed by atoms with Gasteiger partial charge in [0.05, 0.1) is 13.2 Å². The number of methoxy groups -OCH3 is 1. The third-order valence-corrected chi connectivity index (χ3v) is 4.33. The van der Waals surface area contributed by atoms with Crippen LogP contribution in [-0.4, -0.2) is 13.0 Å². The second-order valence-electron chi connectivity index (χ2n) is 6.15. The number of hydrogen-bond acceptors (Lipinski definition) is 4. The number of carbonyl (C=O) groups excluding carboxylic acids is 1. The molecule has 5 nitrogen and oxygen atoms in total. The van der Waals surface area contributed by atoms with E-state index in [1.165, 1.54) is 11.8 Å². The number of amides is 1. The van der Waals surface area contributed by atoms with Gasteiger partial charge in [-0.25, -0.2) is 0 Å². The Balaban J connectivity index is 1.97. The maximum Gasteiger partial charge on any atom is 0.263 e. The highest BCUT2D eigenvalue weighted by Crippen LogP contribution is 2.17. The van der Waals surface area contributed by atoms with Crippen LogP contribution in [-0.2, 0) is 17.8 Å². The van der Waals surface area contributed by atoms with Crippen LogP contribution in [0, 0.1) is 11.3 Å². The van der Waals surface area contributed by atoms with E-state index in [1.807, 2.05) is 61.5 Å². The van der Waals surface area contributed by atoms with E-state index in [2.05, 4.69) is 17.6 Å². The molecule has 0 aliphatic carbocycles. The highest BCUT2D eigenvalue weighted by Gasteiger charge is 2.13. The number of ether oxygens (including phenoxy) is 1. The third kappa shape index (κ3) is 5.61. The van der Waals surface area contributed by atoms with Crippen molar-refractivity contribution >= 4 is 5.91 Å². The van der Waals surface area contributed by atoms with Crippen LogP contribution in [0.15, 0.2) is 60.3 Å². The molecule has 2 rings (SSSR count). The Morgan fingerprint density at radius 2 is 1.93 bits per heavy atom. The van der Waals surface area contributed by atoms with Gasteiger partial charge in [-0.1, -0.05) is 49.4 Å². The Bertz CT molecular complexity index is 835. The molecule has 0 fully saturated rings. The molecule has 0 aliphatic rings. The maximum absolute atomic E-state index is 12.4. The van der Waals surface area contributed by atoms with E-state index in [4.69, 9.17) is 4.74 Å². The van der Waals surface area contributed by atoms with Gasteiger partial charge in [-0.15, -0.1) is 0 Å². The summed E-state index contributed by atoms with van der Waals surface area (Å²) in [5, 5.41) is 15.2. The van der Waals surface area contributed by atoms with E-state index < -0.39 is 5.91 Å². The lowest BCUT2D eigenvalue weighted by atomic mass is 10.0. The molecule has 0 radical (unpaired) electrons. The second-order valence-corrected chi connectivity index (χ2v) is 6.15. The lowest BCUT2D eigenvalue weighted by Gasteiger charge is -2.14. The number of nitriles is 1. The second kappa shape index (κ2) is 10.0. The Hall–Kier alpha value is -3.26. The fourth-order valence-corrected chi connectivity index (χ4v) is 2.66. The molecule has 27 heavy (non-hydrogen) atoms. The number of nitrogens with zero attached hydrogens (tertiary/aromatic N) is 1. The molecule has 0 saturated heterocycles. The molecule has 5 heteroatoms. The van der Waals surface area contributed by atoms with E-state index in [9.17, 15) is 10.1 Å². The van der Waals surface area contributed by atoms with Gasteiger partial charge in [0.1, 0.15) is 17.4 Å². The van der Waals surface area contributed by atoms with E-state index in [1.54, 1.807) is 7.11 Å². The predicted octanol–water partition coefficient (Wildman–Crippen LogP) is 3.63. The van der Waals surface area contributed by atoms with Crippen LogP contribution in [0.25, 0.3) is 0 Å². The molecule has 0 spiro atoms. The first-order chi connectivity index (χ1) is 13.1. The quantitative estimate of drug-likeness (QED) is 0.555. The molecule has 1 amide bonds. The first kappa shape index (κ1) is 20.1. The summed E-state index contributed by atoms with van der Waals surface area (Å²) in [6.07, 6.45) is 2.41. The molecule has 1 atom stereocenters. The average molecular weight is 363 g/mol. The molecule has 2 aromatic carbocycles. The minimum atomic E-state index is -0.405. The van der Waals surface area contributed by atoms with Crippen molar-refractivity contribution in [1.29, 1.82) is 5.26 Å². The molecule has 0 aliphatic heterocycles. The van der Waals surface area contributed by atoms with Crippen LogP contribution in [0.4, 0.5) is 0 Å². The molecule has 2 aromatic rings. The summed E-state index contributed by atoms with van der Waals surface area (Å²) >= 11 is 0. The largest absolute Gasteiger partial charge is 0.496 e. The lowest BCUT2D eigenvalue weighted by Crippen LogP contribution is -2.28. The van der Waals surface area contributed by atoms with Crippen LogP contribution in [0.5, 0.6) is 5.75 Å². The highest BCUT2D eigenvalue weighted by molar-refractivity contribution is 5.97. The van der Waals surface area contributed by atoms with E-state index in [0.29, 0.717) is 6.54 Å². The SMILES string of the molecule is CCc1ccc(C(C)NC(=O)/C(C#N)=C\NCc2ccccc2OC)cc1. The number of aryl methyl sites for hydroxylation is 1. The lowest BCUT2D eigenvalue weighted by molar-refractivity contribution is -0.117. The fourth-order valence-electron chi connectivity index (χ4n) is 2.66. The summed E-state index contributed by atoms with van der Waals surface area (Å²) in [7, 11) is 1.61. The van der Waals surface area contributed by atoms with Crippen LogP contribution in [0.3, 0.4) is 0 Å². The predicted molar refractivity (Wildman–Crippen MR) is 106 cm³/mol. The number of para-hydroxylation sites is 1. The molecule has 0 aromatic heterocycles. The van der Waals surface area contributed by atoms with Crippen molar-refractivity contribution < 1.29 is 9.53 Å².